The molecule has 0 saturated heterocycles. The Morgan fingerprint density at radius 3 is 2.45 bits per heavy atom. The zero-order valence-electron chi connectivity index (χ0n) is 17.5. The third-order valence-corrected chi connectivity index (χ3v) is 6.22. The highest BCUT2D eigenvalue weighted by Gasteiger charge is 2.22. The van der Waals surface area contributed by atoms with Gasteiger partial charge in [-0.2, -0.15) is 0 Å². The van der Waals surface area contributed by atoms with Gasteiger partial charge in [-0.05, 0) is 35.7 Å². The van der Waals surface area contributed by atoms with Crippen molar-refractivity contribution in [3.05, 3.63) is 101 Å². The van der Waals surface area contributed by atoms with E-state index in [2.05, 4.69) is 52.4 Å². The van der Waals surface area contributed by atoms with Crippen molar-refractivity contribution in [2.45, 2.75) is 32.2 Å². The molecule has 1 amide bonds. The van der Waals surface area contributed by atoms with Crippen molar-refractivity contribution in [3.8, 4) is 11.3 Å². The molecule has 1 heterocycles. The third-order valence-electron chi connectivity index (χ3n) is 5.50. The monoisotopic (exact) mass is 472 g/mol. The lowest BCUT2D eigenvalue weighted by atomic mass is 9.93. The first-order chi connectivity index (χ1) is 15.2. The number of carbonyl (C=O) groups is 1. The van der Waals surface area contributed by atoms with Crippen LogP contribution < -0.4 is 5.32 Å². The van der Waals surface area contributed by atoms with Crippen LogP contribution in [0.5, 0.6) is 0 Å². The van der Waals surface area contributed by atoms with Gasteiger partial charge in [-0.3, -0.25) is 4.79 Å². The van der Waals surface area contributed by atoms with Crippen LogP contribution in [0.2, 0.25) is 0 Å². The number of hydrogen-bond acceptors (Lipinski definition) is 2. The first-order valence-corrected chi connectivity index (χ1v) is 11.4. The standard InChI is InChI=1S/C27H25BrN2O/c1-2-10-23(22-14-6-8-15-24(22)28)27(31)29-18-20-17-26(19-11-4-3-5-12-19)30-25-16-9-7-13-21(20)25/h3-9,11-17,23H,2,10,18H2,1H3,(H,29,31). The molecule has 0 bridgehead atoms. The highest BCUT2D eigenvalue weighted by atomic mass is 79.9. The van der Waals surface area contributed by atoms with Crippen LogP contribution in [0, 0.1) is 0 Å². The fraction of sp³-hybridized carbons (Fsp3) is 0.185. The number of carbonyl (C=O) groups excluding carboxylic acids is 1. The summed E-state index contributed by atoms with van der Waals surface area (Å²) in [5, 5.41) is 4.26. The molecular weight excluding hydrogens is 448 g/mol. The number of nitrogens with zero attached hydrogens (tertiary/aromatic N) is 1. The second-order valence-electron chi connectivity index (χ2n) is 7.63. The van der Waals surface area contributed by atoms with Crippen LogP contribution in [0.15, 0.2) is 89.4 Å². The molecule has 4 rings (SSSR count). The molecule has 1 aromatic heterocycles. The van der Waals surface area contributed by atoms with Crippen LogP contribution in [0.4, 0.5) is 0 Å². The van der Waals surface area contributed by atoms with Gasteiger partial charge in [0.15, 0.2) is 0 Å². The van der Waals surface area contributed by atoms with Crippen LogP contribution in [0.3, 0.4) is 0 Å². The maximum Gasteiger partial charge on any atom is 0.227 e. The van der Waals surface area contributed by atoms with Gasteiger partial charge in [0.1, 0.15) is 0 Å². The molecule has 31 heavy (non-hydrogen) atoms. The Hall–Kier alpha value is -2.98. The number of pyridine rings is 1. The quantitative estimate of drug-likeness (QED) is 0.319. The summed E-state index contributed by atoms with van der Waals surface area (Å²) in [4.78, 5) is 18.0. The van der Waals surface area contributed by atoms with E-state index in [4.69, 9.17) is 4.98 Å². The van der Waals surface area contributed by atoms with Crippen molar-refractivity contribution >= 4 is 32.7 Å². The fourth-order valence-corrected chi connectivity index (χ4v) is 4.49. The third kappa shape index (κ3) is 4.86. The second-order valence-corrected chi connectivity index (χ2v) is 8.48. The van der Waals surface area contributed by atoms with Crippen molar-refractivity contribution < 1.29 is 4.79 Å². The molecule has 1 N–H and O–H groups in total. The number of fused-ring (bicyclic) bond motifs is 1. The Balaban J connectivity index is 1.63. The maximum atomic E-state index is 13.2. The molecule has 4 heteroatoms. The molecule has 4 aromatic rings. The van der Waals surface area contributed by atoms with Gasteiger partial charge in [0, 0.05) is 22.0 Å². The molecule has 0 aliphatic heterocycles. The zero-order chi connectivity index (χ0) is 21.6. The SMILES string of the molecule is CCCC(C(=O)NCc1cc(-c2ccccc2)nc2ccccc12)c1ccccc1Br. The molecule has 156 valence electrons. The predicted molar refractivity (Wildman–Crippen MR) is 131 cm³/mol. The maximum absolute atomic E-state index is 13.2. The summed E-state index contributed by atoms with van der Waals surface area (Å²) in [6, 6.07) is 28.3. The zero-order valence-corrected chi connectivity index (χ0v) is 19.1. The molecule has 1 unspecified atom stereocenters. The molecule has 0 saturated carbocycles. The summed E-state index contributed by atoms with van der Waals surface area (Å²) in [5.74, 6) is -0.127. The number of hydrogen-bond donors (Lipinski definition) is 1. The topological polar surface area (TPSA) is 42.0 Å². The molecule has 0 aliphatic carbocycles. The number of halogens is 1. The van der Waals surface area contributed by atoms with E-state index >= 15 is 0 Å². The number of rotatable bonds is 7. The summed E-state index contributed by atoms with van der Waals surface area (Å²) >= 11 is 3.61. The van der Waals surface area contributed by atoms with Crippen molar-refractivity contribution in [2.75, 3.05) is 0 Å². The first kappa shape index (κ1) is 21.3. The average Bonchev–Trinajstić information content (AvgIpc) is 2.82. The van der Waals surface area contributed by atoms with E-state index in [0.717, 1.165) is 50.6 Å². The summed E-state index contributed by atoms with van der Waals surface area (Å²) in [5.41, 5.74) is 5.02. The Labute approximate surface area is 191 Å². The Bertz CT molecular complexity index is 1190. The van der Waals surface area contributed by atoms with Gasteiger partial charge in [-0.1, -0.05) is 96.0 Å². The van der Waals surface area contributed by atoms with E-state index in [9.17, 15) is 4.79 Å². The summed E-state index contributed by atoms with van der Waals surface area (Å²) in [7, 11) is 0. The first-order valence-electron chi connectivity index (χ1n) is 10.6. The van der Waals surface area contributed by atoms with Gasteiger partial charge in [-0.15, -0.1) is 0 Å². The Morgan fingerprint density at radius 2 is 1.68 bits per heavy atom. The number of aromatic nitrogens is 1. The lowest BCUT2D eigenvalue weighted by molar-refractivity contribution is -0.122. The van der Waals surface area contributed by atoms with Crippen molar-refractivity contribution in [1.29, 1.82) is 0 Å². The van der Waals surface area contributed by atoms with Gasteiger partial charge in [0.25, 0.3) is 0 Å². The summed E-state index contributed by atoms with van der Waals surface area (Å²) in [6.07, 6.45) is 1.75. The smallest absolute Gasteiger partial charge is 0.227 e. The fourth-order valence-electron chi connectivity index (χ4n) is 3.93. The van der Waals surface area contributed by atoms with Crippen LogP contribution in [-0.2, 0) is 11.3 Å². The Kier molecular flexibility index (Phi) is 6.78. The molecule has 0 aliphatic rings. The second kappa shape index (κ2) is 9.88. The van der Waals surface area contributed by atoms with Gasteiger partial charge in [-0.25, -0.2) is 4.98 Å². The number of benzene rings is 3. The van der Waals surface area contributed by atoms with E-state index in [-0.39, 0.29) is 11.8 Å². The molecule has 0 fully saturated rings. The van der Waals surface area contributed by atoms with Gasteiger partial charge >= 0.3 is 0 Å². The highest BCUT2D eigenvalue weighted by molar-refractivity contribution is 9.10. The van der Waals surface area contributed by atoms with Crippen molar-refractivity contribution in [2.24, 2.45) is 0 Å². The summed E-state index contributed by atoms with van der Waals surface area (Å²) < 4.78 is 0.976. The average molecular weight is 473 g/mol. The van der Waals surface area contributed by atoms with Gasteiger partial charge in [0.2, 0.25) is 5.91 Å². The lowest BCUT2D eigenvalue weighted by Gasteiger charge is -2.19. The summed E-state index contributed by atoms with van der Waals surface area (Å²) in [6.45, 7) is 2.58. The van der Waals surface area contributed by atoms with Crippen LogP contribution >= 0.6 is 15.9 Å². The largest absolute Gasteiger partial charge is 0.351 e. The van der Waals surface area contributed by atoms with E-state index in [1.165, 1.54) is 0 Å². The molecule has 1 atom stereocenters. The molecule has 0 spiro atoms. The van der Waals surface area contributed by atoms with E-state index in [1.807, 2.05) is 60.7 Å². The molecule has 3 nitrogen and oxygen atoms in total. The minimum atomic E-state index is -0.178. The van der Waals surface area contributed by atoms with Crippen LogP contribution in [0.1, 0.15) is 36.8 Å². The molecule has 3 aromatic carbocycles. The van der Waals surface area contributed by atoms with E-state index in [0.29, 0.717) is 6.54 Å². The highest BCUT2D eigenvalue weighted by Crippen LogP contribution is 2.29. The molecular formula is C27H25BrN2O. The Morgan fingerprint density at radius 1 is 0.968 bits per heavy atom. The van der Waals surface area contributed by atoms with Crippen LogP contribution in [0.25, 0.3) is 22.2 Å². The molecule has 0 radical (unpaired) electrons. The number of nitrogens with one attached hydrogen (secondary N) is 1. The van der Waals surface area contributed by atoms with Gasteiger partial charge < -0.3 is 5.32 Å². The minimum Gasteiger partial charge on any atom is -0.351 e. The normalized spacial score (nSPS) is 11.9. The van der Waals surface area contributed by atoms with Crippen molar-refractivity contribution in [3.63, 3.8) is 0 Å². The van der Waals surface area contributed by atoms with E-state index in [1.54, 1.807) is 0 Å². The van der Waals surface area contributed by atoms with Gasteiger partial charge in [0.05, 0.1) is 17.1 Å². The lowest BCUT2D eigenvalue weighted by Crippen LogP contribution is -2.29. The number of amides is 1. The predicted octanol–water partition coefficient (Wildman–Crippen LogP) is 6.86. The number of para-hydroxylation sites is 1. The van der Waals surface area contributed by atoms with E-state index < -0.39 is 0 Å². The van der Waals surface area contributed by atoms with Crippen LogP contribution in [-0.4, -0.2) is 10.9 Å². The minimum absolute atomic E-state index is 0.0518. The van der Waals surface area contributed by atoms with Crippen molar-refractivity contribution in [1.82, 2.24) is 10.3 Å².